The summed E-state index contributed by atoms with van der Waals surface area (Å²) < 4.78 is 5.25. The van der Waals surface area contributed by atoms with Crippen LogP contribution >= 0.6 is 0 Å². The standard InChI is InChI=1S/C10H20N2O2/c1-9(2,3)14-8(13)10(12)6-4-5-7(10)11/h7H,4-6,11-12H2,1-3H3/t7-,10+/m1/s1. The van der Waals surface area contributed by atoms with Crippen LogP contribution in [0.1, 0.15) is 40.0 Å². The minimum atomic E-state index is -0.965. The maximum Gasteiger partial charge on any atom is 0.328 e. The highest BCUT2D eigenvalue weighted by molar-refractivity contribution is 5.82. The summed E-state index contributed by atoms with van der Waals surface area (Å²) in [6.07, 6.45) is 2.33. The van der Waals surface area contributed by atoms with E-state index in [2.05, 4.69) is 0 Å². The number of carbonyl (C=O) groups excluding carboxylic acids is 1. The van der Waals surface area contributed by atoms with Crippen LogP contribution in [0.25, 0.3) is 0 Å². The Morgan fingerprint density at radius 3 is 2.43 bits per heavy atom. The summed E-state index contributed by atoms with van der Waals surface area (Å²) in [6.45, 7) is 5.48. The smallest absolute Gasteiger partial charge is 0.328 e. The number of hydrogen-bond donors (Lipinski definition) is 2. The van der Waals surface area contributed by atoms with Gasteiger partial charge in [-0.2, -0.15) is 0 Å². The molecule has 4 nitrogen and oxygen atoms in total. The van der Waals surface area contributed by atoms with E-state index in [9.17, 15) is 4.79 Å². The highest BCUT2D eigenvalue weighted by atomic mass is 16.6. The van der Waals surface area contributed by atoms with Crippen LogP contribution in [0.2, 0.25) is 0 Å². The molecule has 0 aliphatic heterocycles. The fourth-order valence-corrected chi connectivity index (χ4v) is 1.68. The average molecular weight is 200 g/mol. The molecule has 0 radical (unpaired) electrons. The zero-order chi connectivity index (χ0) is 11.0. The van der Waals surface area contributed by atoms with E-state index in [-0.39, 0.29) is 12.0 Å². The van der Waals surface area contributed by atoms with Gasteiger partial charge in [0.15, 0.2) is 0 Å². The predicted molar refractivity (Wildman–Crippen MR) is 54.6 cm³/mol. The lowest BCUT2D eigenvalue weighted by Gasteiger charge is -2.30. The van der Waals surface area contributed by atoms with Gasteiger partial charge in [-0.3, -0.25) is 0 Å². The number of esters is 1. The summed E-state index contributed by atoms with van der Waals surface area (Å²) in [5.41, 5.74) is 10.3. The largest absolute Gasteiger partial charge is 0.459 e. The van der Waals surface area contributed by atoms with E-state index in [1.54, 1.807) is 0 Å². The molecule has 2 atom stereocenters. The van der Waals surface area contributed by atoms with Crippen molar-refractivity contribution in [1.29, 1.82) is 0 Å². The quantitative estimate of drug-likeness (QED) is 0.605. The van der Waals surface area contributed by atoms with Crippen LogP contribution < -0.4 is 11.5 Å². The molecule has 1 fully saturated rings. The molecule has 0 heterocycles. The third-order valence-electron chi connectivity index (χ3n) is 2.55. The molecule has 0 spiro atoms. The van der Waals surface area contributed by atoms with Crippen LogP contribution in [-0.2, 0) is 9.53 Å². The van der Waals surface area contributed by atoms with Gasteiger partial charge in [0.1, 0.15) is 11.1 Å². The molecular formula is C10H20N2O2. The normalized spacial score (nSPS) is 33.1. The first-order chi connectivity index (χ1) is 6.26. The SMILES string of the molecule is CC(C)(C)OC(=O)[C@]1(N)CCC[C@H]1N. The number of carbonyl (C=O) groups is 1. The van der Waals surface area contributed by atoms with Gasteiger partial charge in [-0.1, -0.05) is 0 Å². The topological polar surface area (TPSA) is 78.3 Å². The predicted octanol–water partition coefficient (Wildman–Crippen LogP) is 0.537. The molecule has 14 heavy (non-hydrogen) atoms. The second-order valence-corrected chi connectivity index (χ2v) is 5.04. The third kappa shape index (κ3) is 2.25. The Morgan fingerprint density at radius 2 is 2.07 bits per heavy atom. The first kappa shape index (κ1) is 11.5. The summed E-state index contributed by atoms with van der Waals surface area (Å²) in [7, 11) is 0. The molecule has 0 aromatic rings. The number of ether oxygens (including phenoxy) is 1. The van der Waals surface area contributed by atoms with Gasteiger partial charge in [0.25, 0.3) is 0 Å². The number of rotatable bonds is 1. The minimum Gasteiger partial charge on any atom is -0.459 e. The molecule has 1 aliphatic rings. The molecule has 1 rings (SSSR count). The summed E-state index contributed by atoms with van der Waals surface area (Å²) >= 11 is 0. The third-order valence-corrected chi connectivity index (χ3v) is 2.55. The van der Waals surface area contributed by atoms with Gasteiger partial charge in [0.2, 0.25) is 0 Å². The minimum absolute atomic E-state index is 0.266. The van der Waals surface area contributed by atoms with Gasteiger partial charge >= 0.3 is 5.97 Å². The summed E-state index contributed by atoms with van der Waals surface area (Å²) in [5, 5.41) is 0. The highest BCUT2D eigenvalue weighted by Crippen LogP contribution is 2.28. The van der Waals surface area contributed by atoms with E-state index in [1.165, 1.54) is 0 Å². The molecule has 4 heteroatoms. The summed E-state index contributed by atoms with van der Waals surface area (Å²) in [6, 6.07) is -0.266. The molecule has 0 bridgehead atoms. The van der Waals surface area contributed by atoms with Crippen LogP contribution in [0.4, 0.5) is 0 Å². The molecule has 1 saturated carbocycles. The maximum atomic E-state index is 11.8. The Hall–Kier alpha value is -0.610. The van der Waals surface area contributed by atoms with Gasteiger partial charge in [-0.15, -0.1) is 0 Å². The molecular weight excluding hydrogens is 180 g/mol. The molecule has 0 aromatic carbocycles. The van der Waals surface area contributed by atoms with Gasteiger partial charge < -0.3 is 16.2 Å². The van der Waals surface area contributed by atoms with E-state index in [0.29, 0.717) is 6.42 Å². The van der Waals surface area contributed by atoms with E-state index in [4.69, 9.17) is 16.2 Å². The molecule has 1 aliphatic carbocycles. The lowest BCUT2D eigenvalue weighted by Crippen LogP contribution is -2.59. The fourth-order valence-electron chi connectivity index (χ4n) is 1.68. The lowest BCUT2D eigenvalue weighted by atomic mass is 9.95. The first-order valence-corrected chi connectivity index (χ1v) is 5.03. The Balaban J connectivity index is 2.68. The zero-order valence-corrected chi connectivity index (χ0v) is 9.17. The van der Waals surface area contributed by atoms with E-state index in [0.717, 1.165) is 12.8 Å². The van der Waals surface area contributed by atoms with Crippen LogP contribution in [0.15, 0.2) is 0 Å². The van der Waals surface area contributed by atoms with E-state index >= 15 is 0 Å². The molecule has 0 aromatic heterocycles. The van der Waals surface area contributed by atoms with E-state index in [1.807, 2.05) is 20.8 Å². The fraction of sp³-hybridized carbons (Fsp3) is 0.900. The van der Waals surface area contributed by atoms with Crippen LogP contribution in [-0.4, -0.2) is 23.2 Å². The zero-order valence-electron chi connectivity index (χ0n) is 9.17. The average Bonchev–Trinajstić information content (AvgIpc) is 2.30. The van der Waals surface area contributed by atoms with Crippen molar-refractivity contribution in [3.8, 4) is 0 Å². The Kier molecular flexibility index (Phi) is 2.88. The van der Waals surface area contributed by atoms with Crippen molar-refractivity contribution in [2.24, 2.45) is 11.5 Å². The Morgan fingerprint density at radius 1 is 1.50 bits per heavy atom. The van der Waals surface area contributed by atoms with Gasteiger partial charge in [-0.05, 0) is 40.0 Å². The van der Waals surface area contributed by atoms with Crippen molar-refractivity contribution < 1.29 is 9.53 Å². The summed E-state index contributed by atoms with van der Waals surface area (Å²) in [4.78, 5) is 11.8. The molecule has 0 unspecified atom stereocenters. The van der Waals surface area contributed by atoms with Crippen molar-refractivity contribution in [2.75, 3.05) is 0 Å². The van der Waals surface area contributed by atoms with Gasteiger partial charge in [0, 0.05) is 6.04 Å². The van der Waals surface area contributed by atoms with Crippen LogP contribution in [0.5, 0.6) is 0 Å². The molecule has 82 valence electrons. The Labute approximate surface area is 85.0 Å². The molecule has 0 saturated heterocycles. The first-order valence-electron chi connectivity index (χ1n) is 5.03. The van der Waals surface area contributed by atoms with Crippen LogP contribution in [0, 0.1) is 0 Å². The second-order valence-electron chi connectivity index (χ2n) is 5.04. The maximum absolute atomic E-state index is 11.8. The molecule has 4 N–H and O–H groups in total. The molecule has 0 amide bonds. The van der Waals surface area contributed by atoms with Crippen molar-refractivity contribution in [3.63, 3.8) is 0 Å². The van der Waals surface area contributed by atoms with E-state index < -0.39 is 11.1 Å². The van der Waals surface area contributed by atoms with Crippen molar-refractivity contribution >= 4 is 5.97 Å². The Bertz CT molecular complexity index is 235. The number of hydrogen-bond acceptors (Lipinski definition) is 4. The highest BCUT2D eigenvalue weighted by Gasteiger charge is 2.46. The summed E-state index contributed by atoms with van der Waals surface area (Å²) in [5.74, 6) is -0.366. The lowest BCUT2D eigenvalue weighted by molar-refractivity contribution is -0.161. The number of nitrogens with two attached hydrogens (primary N) is 2. The van der Waals surface area contributed by atoms with Crippen LogP contribution in [0.3, 0.4) is 0 Å². The van der Waals surface area contributed by atoms with Crippen molar-refractivity contribution in [2.45, 2.75) is 57.2 Å². The van der Waals surface area contributed by atoms with Gasteiger partial charge in [-0.25, -0.2) is 4.79 Å². The van der Waals surface area contributed by atoms with Crippen molar-refractivity contribution in [3.05, 3.63) is 0 Å². The van der Waals surface area contributed by atoms with Crippen molar-refractivity contribution in [1.82, 2.24) is 0 Å². The van der Waals surface area contributed by atoms with Gasteiger partial charge in [0.05, 0.1) is 0 Å². The monoisotopic (exact) mass is 200 g/mol. The second kappa shape index (κ2) is 3.51.